The molecule has 0 aliphatic carbocycles. The van der Waals surface area contributed by atoms with Crippen LogP contribution in [0.15, 0.2) is 47.4 Å². The van der Waals surface area contributed by atoms with E-state index in [1.807, 2.05) is 43.5 Å². The van der Waals surface area contributed by atoms with Crippen molar-refractivity contribution < 1.29 is 8.42 Å². The molecule has 0 N–H and O–H groups in total. The molecule has 2 aromatic rings. The van der Waals surface area contributed by atoms with Crippen LogP contribution in [0.25, 0.3) is 10.8 Å². The van der Waals surface area contributed by atoms with Crippen molar-refractivity contribution in [1.29, 1.82) is 0 Å². The standard InChI is InChI=1S/C16H21NO2S2/c1-4-14(12-20-3)17(2)21(18,19)16-11-7-9-13-8-5-6-10-15(13)16/h5-11,14H,4,12H2,1-3H3. The maximum Gasteiger partial charge on any atom is 0.243 e. The average molecular weight is 323 g/mol. The summed E-state index contributed by atoms with van der Waals surface area (Å²) in [6.45, 7) is 2.02. The monoisotopic (exact) mass is 323 g/mol. The Morgan fingerprint density at radius 2 is 1.81 bits per heavy atom. The topological polar surface area (TPSA) is 37.4 Å². The van der Waals surface area contributed by atoms with Crippen molar-refractivity contribution in [2.24, 2.45) is 0 Å². The number of fused-ring (bicyclic) bond motifs is 1. The van der Waals surface area contributed by atoms with Crippen molar-refractivity contribution in [3.05, 3.63) is 42.5 Å². The van der Waals surface area contributed by atoms with Gasteiger partial charge in [-0.15, -0.1) is 0 Å². The molecule has 0 saturated carbocycles. The molecule has 0 heterocycles. The first-order chi connectivity index (χ1) is 10.0. The second-order valence-corrected chi connectivity index (χ2v) is 7.89. The molecule has 114 valence electrons. The van der Waals surface area contributed by atoms with Gasteiger partial charge < -0.3 is 0 Å². The Kier molecular flexibility index (Phi) is 5.30. The van der Waals surface area contributed by atoms with Gasteiger partial charge in [-0.2, -0.15) is 16.1 Å². The first kappa shape index (κ1) is 16.3. The molecule has 21 heavy (non-hydrogen) atoms. The van der Waals surface area contributed by atoms with Gasteiger partial charge in [0, 0.05) is 24.2 Å². The van der Waals surface area contributed by atoms with E-state index in [9.17, 15) is 8.42 Å². The van der Waals surface area contributed by atoms with Gasteiger partial charge >= 0.3 is 0 Å². The van der Waals surface area contributed by atoms with Crippen LogP contribution in [0.2, 0.25) is 0 Å². The Morgan fingerprint density at radius 1 is 1.14 bits per heavy atom. The van der Waals surface area contributed by atoms with Crippen LogP contribution in [0.4, 0.5) is 0 Å². The molecular formula is C16H21NO2S2. The Hall–Kier alpha value is -1.04. The van der Waals surface area contributed by atoms with Crippen molar-refractivity contribution in [2.45, 2.75) is 24.3 Å². The number of benzene rings is 2. The summed E-state index contributed by atoms with van der Waals surface area (Å²) in [5.41, 5.74) is 0. The number of sulfonamides is 1. The zero-order valence-electron chi connectivity index (χ0n) is 12.6. The molecule has 2 rings (SSSR count). The predicted molar refractivity (Wildman–Crippen MR) is 91.4 cm³/mol. The van der Waals surface area contributed by atoms with E-state index in [0.717, 1.165) is 22.9 Å². The van der Waals surface area contributed by atoms with Crippen LogP contribution >= 0.6 is 11.8 Å². The highest BCUT2D eigenvalue weighted by atomic mass is 32.2. The van der Waals surface area contributed by atoms with Crippen molar-refractivity contribution in [3.8, 4) is 0 Å². The number of thioether (sulfide) groups is 1. The fourth-order valence-electron chi connectivity index (χ4n) is 2.44. The summed E-state index contributed by atoms with van der Waals surface area (Å²) in [4.78, 5) is 0.391. The van der Waals surface area contributed by atoms with Crippen LogP contribution < -0.4 is 0 Å². The first-order valence-corrected chi connectivity index (χ1v) is 9.80. The molecule has 5 heteroatoms. The molecule has 0 aliphatic heterocycles. The fourth-order valence-corrected chi connectivity index (χ4v) is 5.02. The van der Waals surface area contributed by atoms with Gasteiger partial charge in [-0.05, 0) is 24.1 Å². The quantitative estimate of drug-likeness (QED) is 0.815. The van der Waals surface area contributed by atoms with Crippen LogP contribution in [-0.4, -0.2) is 37.8 Å². The Morgan fingerprint density at radius 3 is 2.48 bits per heavy atom. The van der Waals surface area contributed by atoms with Crippen LogP contribution in [0.5, 0.6) is 0 Å². The number of rotatable bonds is 6. The van der Waals surface area contributed by atoms with E-state index >= 15 is 0 Å². The SMILES string of the molecule is CCC(CSC)N(C)S(=O)(=O)c1cccc2ccccc12. The summed E-state index contributed by atoms with van der Waals surface area (Å²) >= 11 is 1.67. The summed E-state index contributed by atoms with van der Waals surface area (Å²) < 4.78 is 27.4. The highest BCUT2D eigenvalue weighted by Crippen LogP contribution is 2.27. The van der Waals surface area contributed by atoms with Gasteiger partial charge in [0.05, 0.1) is 4.90 Å². The zero-order chi connectivity index (χ0) is 15.5. The Labute approximate surface area is 131 Å². The van der Waals surface area contributed by atoms with Crippen LogP contribution in [0.3, 0.4) is 0 Å². The minimum atomic E-state index is -3.48. The normalized spacial score (nSPS) is 13.7. The summed E-state index contributed by atoms with van der Waals surface area (Å²) in [7, 11) is -1.80. The van der Waals surface area contributed by atoms with Crippen molar-refractivity contribution >= 4 is 32.6 Å². The third kappa shape index (κ3) is 3.25. The number of nitrogens with zero attached hydrogens (tertiary/aromatic N) is 1. The average Bonchev–Trinajstić information content (AvgIpc) is 2.51. The molecule has 0 amide bonds. The molecule has 0 bridgehead atoms. The van der Waals surface area contributed by atoms with Crippen molar-refractivity contribution in [3.63, 3.8) is 0 Å². The number of hydrogen-bond donors (Lipinski definition) is 0. The van der Waals surface area contributed by atoms with Crippen LogP contribution in [-0.2, 0) is 10.0 Å². The second kappa shape index (κ2) is 6.81. The Bertz CT molecular complexity index is 708. The van der Waals surface area contributed by atoms with E-state index in [1.165, 1.54) is 4.31 Å². The van der Waals surface area contributed by atoms with Crippen molar-refractivity contribution in [2.75, 3.05) is 19.1 Å². The summed E-state index contributed by atoms with van der Waals surface area (Å²) in [5, 5.41) is 1.73. The third-order valence-corrected chi connectivity index (χ3v) is 6.44. The molecule has 0 aromatic heterocycles. The molecule has 3 nitrogen and oxygen atoms in total. The highest BCUT2D eigenvalue weighted by molar-refractivity contribution is 7.98. The molecule has 1 atom stereocenters. The minimum absolute atomic E-state index is 0.0176. The Balaban J connectivity index is 2.51. The van der Waals surface area contributed by atoms with Gasteiger partial charge in [-0.1, -0.05) is 43.3 Å². The lowest BCUT2D eigenvalue weighted by molar-refractivity contribution is 0.386. The van der Waals surface area contributed by atoms with E-state index in [1.54, 1.807) is 30.9 Å². The highest BCUT2D eigenvalue weighted by Gasteiger charge is 2.27. The summed E-state index contributed by atoms with van der Waals surface area (Å²) in [6, 6.07) is 13.1. The van der Waals surface area contributed by atoms with Gasteiger partial charge in [0.25, 0.3) is 0 Å². The second-order valence-electron chi connectivity index (χ2n) is 5.02. The van der Waals surface area contributed by atoms with Crippen molar-refractivity contribution in [1.82, 2.24) is 4.31 Å². The van der Waals surface area contributed by atoms with E-state index < -0.39 is 10.0 Å². The zero-order valence-corrected chi connectivity index (χ0v) is 14.2. The van der Waals surface area contributed by atoms with E-state index in [0.29, 0.717) is 4.90 Å². The van der Waals surface area contributed by atoms with Gasteiger partial charge in [0.15, 0.2) is 0 Å². The predicted octanol–water partition coefficient (Wildman–Crippen LogP) is 3.60. The molecule has 1 unspecified atom stereocenters. The fraction of sp³-hybridized carbons (Fsp3) is 0.375. The number of hydrogen-bond acceptors (Lipinski definition) is 3. The molecule has 0 aliphatic rings. The van der Waals surface area contributed by atoms with Gasteiger partial charge in [0.2, 0.25) is 10.0 Å². The van der Waals surface area contributed by atoms with Gasteiger partial charge in [-0.3, -0.25) is 0 Å². The van der Waals surface area contributed by atoms with E-state index in [4.69, 9.17) is 0 Å². The first-order valence-electron chi connectivity index (χ1n) is 6.97. The minimum Gasteiger partial charge on any atom is -0.207 e. The molecular weight excluding hydrogens is 302 g/mol. The van der Waals surface area contributed by atoms with Crippen LogP contribution in [0.1, 0.15) is 13.3 Å². The van der Waals surface area contributed by atoms with E-state index in [2.05, 4.69) is 0 Å². The summed E-state index contributed by atoms with van der Waals surface area (Å²) in [5.74, 6) is 0.803. The summed E-state index contributed by atoms with van der Waals surface area (Å²) in [6.07, 6.45) is 2.81. The lowest BCUT2D eigenvalue weighted by atomic mass is 10.1. The molecule has 0 spiro atoms. The van der Waals surface area contributed by atoms with Crippen LogP contribution in [0, 0.1) is 0 Å². The maximum atomic E-state index is 12.9. The third-order valence-electron chi connectivity index (χ3n) is 3.75. The largest absolute Gasteiger partial charge is 0.243 e. The lowest BCUT2D eigenvalue weighted by Gasteiger charge is -2.26. The molecule has 2 aromatic carbocycles. The maximum absolute atomic E-state index is 12.9. The van der Waals surface area contributed by atoms with Gasteiger partial charge in [0.1, 0.15) is 0 Å². The van der Waals surface area contributed by atoms with Gasteiger partial charge in [-0.25, -0.2) is 8.42 Å². The molecule has 0 radical (unpaired) electrons. The molecule has 0 saturated heterocycles. The smallest absolute Gasteiger partial charge is 0.207 e. The molecule has 0 fully saturated rings. The lowest BCUT2D eigenvalue weighted by Crippen LogP contribution is -2.38. The van der Waals surface area contributed by atoms with E-state index in [-0.39, 0.29) is 6.04 Å².